The van der Waals surface area contributed by atoms with Gasteiger partial charge < -0.3 is 14.7 Å². The number of benzene rings is 2. The average molecular weight is 418 g/mol. The van der Waals surface area contributed by atoms with Crippen LogP contribution in [0.25, 0.3) is 5.69 Å². The number of hydrogen-bond donors (Lipinski definition) is 1. The first-order valence-corrected chi connectivity index (χ1v) is 10.9. The zero-order chi connectivity index (χ0) is 21.4. The molecule has 31 heavy (non-hydrogen) atoms. The van der Waals surface area contributed by atoms with Gasteiger partial charge >= 0.3 is 0 Å². The Morgan fingerprint density at radius 2 is 2.03 bits per heavy atom. The number of carbonyl (C=O) groups excluding carboxylic acids is 1. The molecule has 6 heteroatoms. The Hall–Kier alpha value is -2.96. The number of hydrogen-bond acceptors (Lipinski definition) is 4. The van der Waals surface area contributed by atoms with Gasteiger partial charge in [-0.3, -0.25) is 4.79 Å². The maximum atomic E-state index is 13.2. The van der Waals surface area contributed by atoms with Crippen molar-refractivity contribution < 1.29 is 14.6 Å². The molecule has 0 spiro atoms. The van der Waals surface area contributed by atoms with Crippen molar-refractivity contribution in [2.45, 2.75) is 44.9 Å². The molecule has 2 aliphatic rings. The summed E-state index contributed by atoms with van der Waals surface area (Å²) in [4.78, 5) is 15.0. The number of amides is 1. The molecule has 1 aromatic heterocycles. The van der Waals surface area contributed by atoms with Gasteiger partial charge in [-0.1, -0.05) is 25.1 Å². The van der Waals surface area contributed by atoms with Crippen molar-refractivity contribution in [2.75, 3.05) is 13.2 Å². The fraction of sp³-hybridized carbons (Fsp3) is 0.360. The van der Waals surface area contributed by atoms with Crippen molar-refractivity contribution in [3.8, 4) is 5.69 Å². The van der Waals surface area contributed by atoms with E-state index >= 15 is 0 Å². The highest BCUT2D eigenvalue weighted by atomic mass is 16.5. The minimum Gasteiger partial charge on any atom is -0.391 e. The van der Waals surface area contributed by atoms with E-state index in [1.165, 1.54) is 16.7 Å². The summed E-state index contributed by atoms with van der Waals surface area (Å²) in [5.41, 5.74) is 6.49. The number of aryl methyl sites for hydroxylation is 1. The first-order chi connectivity index (χ1) is 15.1. The van der Waals surface area contributed by atoms with Gasteiger partial charge in [0.25, 0.3) is 5.91 Å². The first-order valence-electron chi connectivity index (χ1n) is 10.9. The minimum atomic E-state index is -0.523. The van der Waals surface area contributed by atoms with Gasteiger partial charge in [-0.2, -0.15) is 5.10 Å². The fourth-order valence-corrected chi connectivity index (χ4v) is 4.66. The monoisotopic (exact) mass is 417 g/mol. The third kappa shape index (κ3) is 3.77. The molecule has 3 heterocycles. The Balaban J connectivity index is 1.39. The number of ether oxygens (including phenoxy) is 1. The molecule has 1 amide bonds. The van der Waals surface area contributed by atoms with Crippen LogP contribution >= 0.6 is 0 Å². The number of aromatic nitrogens is 2. The Labute approximate surface area is 182 Å². The molecule has 0 unspecified atom stereocenters. The van der Waals surface area contributed by atoms with Crippen molar-refractivity contribution in [3.05, 3.63) is 82.7 Å². The van der Waals surface area contributed by atoms with Crippen LogP contribution in [0, 0.1) is 0 Å². The summed E-state index contributed by atoms with van der Waals surface area (Å²) in [6.07, 6.45) is 5.44. The molecule has 2 aliphatic heterocycles. The van der Waals surface area contributed by atoms with Crippen molar-refractivity contribution in [3.63, 3.8) is 0 Å². The fourth-order valence-electron chi connectivity index (χ4n) is 4.66. The highest BCUT2D eigenvalue weighted by molar-refractivity contribution is 5.99. The van der Waals surface area contributed by atoms with Gasteiger partial charge in [-0.05, 0) is 65.8 Å². The maximum absolute atomic E-state index is 13.2. The molecule has 6 nitrogen and oxygen atoms in total. The number of rotatable bonds is 5. The molecule has 0 bridgehead atoms. The Kier molecular flexibility index (Phi) is 5.34. The van der Waals surface area contributed by atoms with Crippen LogP contribution in [0.3, 0.4) is 0 Å². The maximum Gasteiger partial charge on any atom is 0.254 e. The summed E-state index contributed by atoms with van der Waals surface area (Å²) in [5.74, 6) is 0.00230. The quantitative estimate of drug-likeness (QED) is 0.693. The molecule has 160 valence electrons. The second kappa shape index (κ2) is 8.29. The largest absolute Gasteiger partial charge is 0.391 e. The van der Waals surface area contributed by atoms with Crippen LogP contribution in [0.4, 0.5) is 0 Å². The minimum absolute atomic E-state index is 0.00230. The summed E-state index contributed by atoms with van der Waals surface area (Å²) in [5, 5.41) is 14.7. The lowest BCUT2D eigenvalue weighted by molar-refractivity contribution is -0.0528. The number of nitrogens with zero attached hydrogens (tertiary/aromatic N) is 3. The normalized spacial score (nSPS) is 20.8. The van der Waals surface area contributed by atoms with Crippen LogP contribution in [-0.2, 0) is 24.1 Å². The Bertz CT molecular complexity index is 1080. The number of carbonyl (C=O) groups is 1. The lowest BCUT2D eigenvalue weighted by Crippen LogP contribution is -2.49. The van der Waals surface area contributed by atoms with Gasteiger partial charge in [-0.15, -0.1) is 0 Å². The van der Waals surface area contributed by atoms with Gasteiger partial charge in [0.15, 0.2) is 0 Å². The molecule has 0 saturated carbocycles. The van der Waals surface area contributed by atoms with E-state index < -0.39 is 6.10 Å². The standard InChI is InChI=1S/C25H27N3O3/c1-2-18-13-20-15-27(23-16-31-11-8-24(23)29)25(30)22(20)14-19(18)12-17-4-6-21(7-5-17)28-10-3-9-26-28/h3-7,9-10,13-14,23-24,29H,2,8,11-12,15-16H2,1H3/t23-,24-/m0/s1. The molecule has 0 radical (unpaired) electrons. The van der Waals surface area contributed by atoms with Crippen molar-refractivity contribution in [2.24, 2.45) is 0 Å². The molecule has 1 saturated heterocycles. The van der Waals surface area contributed by atoms with Crippen LogP contribution in [0.15, 0.2) is 54.9 Å². The number of fused-ring (bicyclic) bond motifs is 1. The van der Waals surface area contributed by atoms with Gasteiger partial charge in [0.2, 0.25) is 0 Å². The Morgan fingerprint density at radius 3 is 2.74 bits per heavy atom. The summed E-state index contributed by atoms with van der Waals surface area (Å²) in [6.45, 7) is 3.65. The van der Waals surface area contributed by atoms with Gasteiger partial charge in [-0.25, -0.2) is 4.68 Å². The molecular weight excluding hydrogens is 390 g/mol. The summed E-state index contributed by atoms with van der Waals surface area (Å²) in [6, 6.07) is 14.3. The predicted molar refractivity (Wildman–Crippen MR) is 117 cm³/mol. The van der Waals surface area contributed by atoms with Crippen LogP contribution < -0.4 is 0 Å². The second-order valence-electron chi connectivity index (χ2n) is 8.36. The van der Waals surface area contributed by atoms with Crippen LogP contribution in [0.1, 0.15) is 46.0 Å². The molecule has 2 aromatic carbocycles. The third-order valence-corrected chi connectivity index (χ3v) is 6.43. The third-order valence-electron chi connectivity index (χ3n) is 6.43. The molecule has 0 aliphatic carbocycles. The zero-order valence-electron chi connectivity index (χ0n) is 17.7. The summed E-state index contributed by atoms with van der Waals surface area (Å²) in [7, 11) is 0. The van der Waals surface area contributed by atoms with E-state index in [-0.39, 0.29) is 11.9 Å². The van der Waals surface area contributed by atoms with Crippen LogP contribution in [0.2, 0.25) is 0 Å². The Morgan fingerprint density at radius 1 is 1.19 bits per heavy atom. The van der Waals surface area contributed by atoms with E-state index in [0.29, 0.717) is 26.2 Å². The lowest BCUT2D eigenvalue weighted by atomic mass is 9.93. The molecule has 1 fully saturated rings. The SMILES string of the molecule is CCc1cc2c(cc1Cc1ccc(-n3cccn3)cc1)C(=O)N([C@H]1COCC[C@@H]1O)C2. The van der Waals surface area contributed by atoms with Gasteiger partial charge in [0, 0.05) is 31.1 Å². The van der Waals surface area contributed by atoms with E-state index in [1.54, 1.807) is 11.1 Å². The highest BCUT2D eigenvalue weighted by Crippen LogP contribution is 2.31. The smallest absolute Gasteiger partial charge is 0.254 e. The highest BCUT2D eigenvalue weighted by Gasteiger charge is 2.38. The van der Waals surface area contributed by atoms with E-state index in [0.717, 1.165) is 29.7 Å². The number of aliphatic hydroxyl groups excluding tert-OH is 1. The summed E-state index contributed by atoms with van der Waals surface area (Å²) >= 11 is 0. The first kappa shape index (κ1) is 20.0. The molecular formula is C25H27N3O3. The van der Waals surface area contributed by atoms with Gasteiger partial charge in [0.1, 0.15) is 0 Å². The molecule has 1 N–H and O–H groups in total. The molecule has 2 atom stereocenters. The predicted octanol–water partition coefficient (Wildman–Crippen LogP) is 3.13. The summed E-state index contributed by atoms with van der Waals surface area (Å²) < 4.78 is 7.38. The van der Waals surface area contributed by atoms with Crippen LogP contribution in [0.5, 0.6) is 0 Å². The van der Waals surface area contributed by atoms with Crippen molar-refractivity contribution >= 4 is 5.91 Å². The second-order valence-corrected chi connectivity index (χ2v) is 8.36. The van der Waals surface area contributed by atoms with Crippen molar-refractivity contribution in [1.82, 2.24) is 14.7 Å². The van der Waals surface area contributed by atoms with E-state index in [2.05, 4.69) is 48.4 Å². The lowest BCUT2D eigenvalue weighted by Gasteiger charge is -2.34. The van der Waals surface area contributed by atoms with E-state index in [1.807, 2.05) is 16.9 Å². The van der Waals surface area contributed by atoms with Gasteiger partial charge in [0.05, 0.1) is 24.4 Å². The zero-order valence-corrected chi connectivity index (χ0v) is 17.7. The molecule has 3 aromatic rings. The van der Waals surface area contributed by atoms with Crippen LogP contribution in [-0.4, -0.2) is 51.1 Å². The van der Waals surface area contributed by atoms with E-state index in [9.17, 15) is 9.90 Å². The topological polar surface area (TPSA) is 67.6 Å². The number of aliphatic hydroxyl groups is 1. The average Bonchev–Trinajstić information content (AvgIpc) is 3.43. The van der Waals surface area contributed by atoms with E-state index in [4.69, 9.17) is 4.74 Å². The molecule has 5 rings (SSSR count). The van der Waals surface area contributed by atoms with Crippen molar-refractivity contribution in [1.29, 1.82) is 0 Å².